The summed E-state index contributed by atoms with van der Waals surface area (Å²) >= 11 is 0. The van der Waals surface area contributed by atoms with E-state index in [4.69, 9.17) is 0 Å². The maximum atomic E-state index is 12.3. The van der Waals surface area contributed by atoms with Gasteiger partial charge in [0, 0.05) is 12.0 Å². The molecule has 3 atom stereocenters. The van der Waals surface area contributed by atoms with E-state index >= 15 is 0 Å². The first kappa shape index (κ1) is 14.4. The highest BCUT2D eigenvalue weighted by atomic mass is 16.2. The minimum atomic E-state index is -0.313. The van der Waals surface area contributed by atoms with Crippen molar-refractivity contribution in [3.8, 4) is 0 Å². The Morgan fingerprint density at radius 2 is 2.16 bits per heavy atom. The average molecular weight is 261 g/mol. The van der Waals surface area contributed by atoms with Crippen LogP contribution in [0, 0.1) is 23.2 Å². The molecule has 3 unspecified atom stereocenters. The molecular weight excluding hydrogens is 234 g/mol. The van der Waals surface area contributed by atoms with Gasteiger partial charge in [-0.1, -0.05) is 39.5 Å². The van der Waals surface area contributed by atoms with E-state index in [2.05, 4.69) is 18.7 Å². The first-order chi connectivity index (χ1) is 8.93. The third-order valence-corrected chi connectivity index (χ3v) is 4.45. The highest BCUT2D eigenvalue weighted by Gasteiger charge is 2.44. The first-order valence-corrected chi connectivity index (χ1v) is 7.52. The molecule has 2 rings (SSSR count). The highest BCUT2D eigenvalue weighted by Crippen LogP contribution is 2.48. The van der Waals surface area contributed by atoms with Crippen molar-refractivity contribution < 1.29 is 4.79 Å². The van der Waals surface area contributed by atoms with E-state index in [1.54, 1.807) is 6.20 Å². The summed E-state index contributed by atoms with van der Waals surface area (Å²) in [6.45, 7) is 10.6. The molecule has 0 saturated heterocycles. The molecule has 2 heteroatoms. The lowest BCUT2D eigenvalue weighted by Crippen LogP contribution is -2.37. The molecule has 106 valence electrons. The third kappa shape index (κ3) is 3.49. The van der Waals surface area contributed by atoms with Crippen LogP contribution >= 0.6 is 0 Å². The SMILES string of the molecule is C=CN(CC1CC1C1CC=CCC1)C(=O)C(C)(C)C. The van der Waals surface area contributed by atoms with E-state index in [1.165, 1.54) is 25.7 Å². The van der Waals surface area contributed by atoms with Gasteiger partial charge in [-0.3, -0.25) is 4.79 Å². The van der Waals surface area contributed by atoms with Crippen molar-refractivity contribution in [2.24, 2.45) is 23.2 Å². The molecule has 0 spiro atoms. The maximum Gasteiger partial charge on any atom is 0.231 e. The number of carbonyl (C=O) groups excluding carboxylic acids is 1. The molecule has 2 aliphatic rings. The first-order valence-electron chi connectivity index (χ1n) is 7.52. The van der Waals surface area contributed by atoms with Gasteiger partial charge in [0.1, 0.15) is 0 Å². The second kappa shape index (κ2) is 5.52. The van der Waals surface area contributed by atoms with Gasteiger partial charge in [-0.15, -0.1) is 0 Å². The predicted octanol–water partition coefficient (Wildman–Crippen LogP) is 4.00. The number of nitrogens with zero attached hydrogens (tertiary/aromatic N) is 1. The van der Waals surface area contributed by atoms with Crippen LogP contribution in [0.5, 0.6) is 0 Å². The largest absolute Gasteiger partial charge is 0.319 e. The van der Waals surface area contributed by atoms with Crippen LogP contribution in [-0.4, -0.2) is 17.4 Å². The number of hydrogen-bond donors (Lipinski definition) is 0. The second-order valence-corrected chi connectivity index (χ2v) is 7.09. The van der Waals surface area contributed by atoms with E-state index in [1.807, 2.05) is 25.7 Å². The maximum absolute atomic E-state index is 12.3. The van der Waals surface area contributed by atoms with Crippen molar-refractivity contribution in [1.29, 1.82) is 0 Å². The van der Waals surface area contributed by atoms with Gasteiger partial charge in [-0.2, -0.15) is 0 Å². The summed E-state index contributed by atoms with van der Waals surface area (Å²) in [5.74, 6) is 2.57. The quantitative estimate of drug-likeness (QED) is 0.701. The van der Waals surface area contributed by atoms with Gasteiger partial charge in [-0.05, 0) is 49.6 Å². The number of amides is 1. The van der Waals surface area contributed by atoms with Gasteiger partial charge in [-0.25, -0.2) is 0 Å². The highest BCUT2D eigenvalue weighted by molar-refractivity contribution is 5.82. The van der Waals surface area contributed by atoms with Crippen molar-refractivity contribution in [1.82, 2.24) is 4.90 Å². The molecule has 1 fully saturated rings. The van der Waals surface area contributed by atoms with Gasteiger partial charge in [0.2, 0.25) is 5.91 Å². The molecule has 0 aliphatic heterocycles. The van der Waals surface area contributed by atoms with Crippen molar-refractivity contribution in [2.45, 2.75) is 46.5 Å². The normalized spacial score (nSPS) is 29.9. The van der Waals surface area contributed by atoms with E-state index in [-0.39, 0.29) is 11.3 Å². The van der Waals surface area contributed by atoms with Crippen LogP contribution in [0.25, 0.3) is 0 Å². The molecule has 19 heavy (non-hydrogen) atoms. The molecule has 2 nitrogen and oxygen atoms in total. The van der Waals surface area contributed by atoms with Crippen molar-refractivity contribution in [3.05, 3.63) is 24.9 Å². The van der Waals surface area contributed by atoms with E-state index in [0.717, 1.165) is 18.4 Å². The summed E-state index contributed by atoms with van der Waals surface area (Å²) in [5.41, 5.74) is -0.313. The Labute approximate surface area is 117 Å². The molecule has 0 N–H and O–H groups in total. The monoisotopic (exact) mass is 261 g/mol. The topological polar surface area (TPSA) is 20.3 Å². The Morgan fingerprint density at radius 1 is 1.42 bits per heavy atom. The summed E-state index contributed by atoms with van der Waals surface area (Å²) in [7, 11) is 0. The fourth-order valence-electron chi connectivity index (χ4n) is 3.19. The minimum Gasteiger partial charge on any atom is -0.319 e. The van der Waals surface area contributed by atoms with Gasteiger partial charge in [0.05, 0.1) is 0 Å². The number of allylic oxidation sites excluding steroid dienone is 2. The zero-order valence-corrected chi connectivity index (χ0v) is 12.6. The van der Waals surface area contributed by atoms with E-state index < -0.39 is 0 Å². The zero-order valence-electron chi connectivity index (χ0n) is 12.6. The second-order valence-electron chi connectivity index (χ2n) is 7.09. The van der Waals surface area contributed by atoms with E-state index in [9.17, 15) is 4.79 Å². The van der Waals surface area contributed by atoms with Crippen molar-refractivity contribution in [3.63, 3.8) is 0 Å². The molecule has 0 aromatic heterocycles. The fourth-order valence-corrected chi connectivity index (χ4v) is 3.19. The number of carbonyl (C=O) groups is 1. The van der Waals surface area contributed by atoms with Crippen LogP contribution in [-0.2, 0) is 4.79 Å². The molecule has 0 heterocycles. The Morgan fingerprint density at radius 3 is 2.68 bits per heavy atom. The molecule has 0 radical (unpaired) electrons. The van der Waals surface area contributed by atoms with Crippen molar-refractivity contribution >= 4 is 5.91 Å². The molecular formula is C17H27NO. The van der Waals surface area contributed by atoms with Gasteiger partial charge in [0.15, 0.2) is 0 Å². The molecule has 1 amide bonds. The molecule has 2 aliphatic carbocycles. The van der Waals surface area contributed by atoms with Gasteiger partial charge >= 0.3 is 0 Å². The number of hydrogen-bond acceptors (Lipinski definition) is 1. The number of rotatable bonds is 4. The summed E-state index contributed by atoms with van der Waals surface area (Å²) in [5, 5.41) is 0. The summed E-state index contributed by atoms with van der Waals surface area (Å²) in [6.07, 6.45) is 11.4. The summed E-state index contributed by atoms with van der Waals surface area (Å²) < 4.78 is 0. The zero-order chi connectivity index (χ0) is 14.0. The molecule has 0 bridgehead atoms. The van der Waals surface area contributed by atoms with Crippen LogP contribution in [0.2, 0.25) is 0 Å². The van der Waals surface area contributed by atoms with Crippen LogP contribution in [0.4, 0.5) is 0 Å². The Bertz CT molecular complexity index is 377. The molecule has 1 saturated carbocycles. The Hall–Kier alpha value is -1.05. The average Bonchev–Trinajstić information content (AvgIpc) is 3.14. The summed E-state index contributed by atoms with van der Waals surface area (Å²) in [4.78, 5) is 14.1. The fraction of sp³-hybridized carbons (Fsp3) is 0.706. The van der Waals surface area contributed by atoms with Gasteiger partial charge < -0.3 is 4.90 Å². The van der Waals surface area contributed by atoms with Crippen LogP contribution in [0.15, 0.2) is 24.9 Å². The van der Waals surface area contributed by atoms with Crippen LogP contribution in [0.3, 0.4) is 0 Å². The summed E-state index contributed by atoms with van der Waals surface area (Å²) in [6, 6.07) is 0. The molecule has 0 aromatic rings. The smallest absolute Gasteiger partial charge is 0.231 e. The predicted molar refractivity (Wildman–Crippen MR) is 79.4 cm³/mol. The van der Waals surface area contributed by atoms with Crippen LogP contribution in [0.1, 0.15) is 46.5 Å². The minimum absolute atomic E-state index is 0.191. The Kier molecular flexibility index (Phi) is 4.17. The lowest BCUT2D eigenvalue weighted by atomic mass is 9.89. The van der Waals surface area contributed by atoms with Crippen LogP contribution < -0.4 is 0 Å². The molecule has 0 aromatic carbocycles. The van der Waals surface area contributed by atoms with E-state index in [0.29, 0.717) is 5.92 Å². The Balaban J connectivity index is 1.86. The lowest BCUT2D eigenvalue weighted by molar-refractivity contribution is -0.136. The standard InChI is InChI=1S/C17H27NO/c1-5-18(16(19)17(2,3)4)12-14-11-15(14)13-9-7-6-8-10-13/h5-7,13-15H,1,8-12H2,2-4H3. The third-order valence-electron chi connectivity index (χ3n) is 4.45. The van der Waals surface area contributed by atoms with Crippen molar-refractivity contribution in [2.75, 3.05) is 6.54 Å². The lowest BCUT2D eigenvalue weighted by Gasteiger charge is -2.27. The van der Waals surface area contributed by atoms with Gasteiger partial charge in [0.25, 0.3) is 0 Å².